The lowest BCUT2D eigenvalue weighted by molar-refractivity contribution is 0.184. The Morgan fingerprint density at radius 2 is 1.94 bits per heavy atom. The molecule has 94 valence electrons. The van der Waals surface area contributed by atoms with Gasteiger partial charge in [-0.25, -0.2) is 4.79 Å². The molecule has 0 aliphatic carbocycles. The van der Waals surface area contributed by atoms with Crippen molar-refractivity contribution in [2.45, 2.75) is 33.0 Å². The van der Waals surface area contributed by atoms with Crippen LogP contribution in [0, 0.1) is 0 Å². The predicted octanol–water partition coefficient (Wildman–Crippen LogP) is 2.04. The largest absolute Gasteiger partial charge is 0.380 e. The first-order valence-electron chi connectivity index (χ1n) is 5.73. The maximum Gasteiger partial charge on any atom is 0.315 e. The number of methoxy groups -OCH3 is 1. The van der Waals surface area contributed by atoms with E-state index in [1.54, 1.807) is 7.11 Å². The van der Waals surface area contributed by atoms with Crippen molar-refractivity contribution in [2.75, 3.05) is 7.11 Å². The second kappa shape index (κ2) is 6.91. The molecule has 2 N–H and O–H groups in total. The Morgan fingerprint density at radius 3 is 2.53 bits per heavy atom. The van der Waals surface area contributed by atoms with Crippen LogP contribution in [0.25, 0.3) is 0 Å². The minimum atomic E-state index is -0.146. The number of hydrogen-bond acceptors (Lipinski definition) is 2. The summed E-state index contributed by atoms with van der Waals surface area (Å²) in [6.45, 7) is 4.93. The molecule has 2 amide bonds. The van der Waals surface area contributed by atoms with E-state index in [9.17, 15) is 4.79 Å². The van der Waals surface area contributed by atoms with Crippen molar-refractivity contribution in [3.8, 4) is 0 Å². The van der Waals surface area contributed by atoms with Crippen molar-refractivity contribution in [3.63, 3.8) is 0 Å². The van der Waals surface area contributed by atoms with E-state index < -0.39 is 0 Å². The average Bonchev–Trinajstić information content (AvgIpc) is 2.27. The maximum atomic E-state index is 11.4. The summed E-state index contributed by atoms with van der Waals surface area (Å²) in [6, 6.07) is 7.91. The van der Waals surface area contributed by atoms with Gasteiger partial charge < -0.3 is 15.4 Å². The van der Waals surface area contributed by atoms with Crippen LogP contribution in [0.3, 0.4) is 0 Å². The molecule has 1 rings (SSSR count). The van der Waals surface area contributed by atoms with Gasteiger partial charge in [0.2, 0.25) is 0 Å². The van der Waals surface area contributed by atoms with Crippen LogP contribution in [0.1, 0.15) is 25.0 Å². The molecule has 0 saturated heterocycles. The summed E-state index contributed by atoms with van der Waals surface area (Å²) in [5, 5.41) is 5.61. The molecule has 0 aliphatic heterocycles. The number of urea groups is 1. The van der Waals surface area contributed by atoms with E-state index in [4.69, 9.17) is 4.74 Å². The summed E-state index contributed by atoms with van der Waals surface area (Å²) in [5.41, 5.74) is 2.17. The van der Waals surface area contributed by atoms with E-state index in [1.807, 2.05) is 38.1 Å². The van der Waals surface area contributed by atoms with Gasteiger partial charge in [0.1, 0.15) is 0 Å². The molecule has 0 heterocycles. The molecule has 17 heavy (non-hydrogen) atoms. The number of benzene rings is 1. The van der Waals surface area contributed by atoms with Crippen LogP contribution in [0.15, 0.2) is 24.3 Å². The van der Waals surface area contributed by atoms with Gasteiger partial charge in [0, 0.05) is 19.7 Å². The van der Waals surface area contributed by atoms with E-state index in [1.165, 1.54) is 0 Å². The summed E-state index contributed by atoms with van der Waals surface area (Å²) in [7, 11) is 1.66. The van der Waals surface area contributed by atoms with Crippen LogP contribution in [-0.4, -0.2) is 19.2 Å². The summed E-state index contributed by atoms with van der Waals surface area (Å²) in [6.07, 6.45) is 0. The summed E-state index contributed by atoms with van der Waals surface area (Å²) in [5.74, 6) is 0. The first-order chi connectivity index (χ1) is 8.13. The minimum Gasteiger partial charge on any atom is -0.380 e. The fourth-order valence-corrected chi connectivity index (χ4v) is 1.51. The molecule has 0 bridgehead atoms. The van der Waals surface area contributed by atoms with Crippen molar-refractivity contribution < 1.29 is 9.53 Å². The van der Waals surface area contributed by atoms with Crippen molar-refractivity contribution in [1.82, 2.24) is 10.6 Å². The van der Waals surface area contributed by atoms with Gasteiger partial charge in [0.15, 0.2) is 0 Å². The highest BCUT2D eigenvalue weighted by atomic mass is 16.5. The highest BCUT2D eigenvalue weighted by Gasteiger charge is 2.05. The average molecular weight is 236 g/mol. The Kier molecular flexibility index (Phi) is 5.49. The first-order valence-corrected chi connectivity index (χ1v) is 5.73. The van der Waals surface area contributed by atoms with E-state index >= 15 is 0 Å². The Labute approximate surface area is 102 Å². The second-order valence-corrected chi connectivity index (χ2v) is 4.18. The van der Waals surface area contributed by atoms with Gasteiger partial charge >= 0.3 is 6.03 Å². The zero-order valence-corrected chi connectivity index (χ0v) is 10.6. The molecule has 0 unspecified atom stereocenters. The van der Waals surface area contributed by atoms with Crippen LogP contribution < -0.4 is 10.6 Å². The summed E-state index contributed by atoms with van der Waals surface area (Å²) in [4.78, 5) is 11.4. The molecule has 0 aliphatic rings. The molecule has 4 heteroatoms. The summed E-state index contributed by atoms with van der Waals surface area (Å²) < 4.78 is 5.11. The number of ether oxygens (including phenoxy) is 1. The van der Waals surface area contributed by atoms with Gasteiger partial charge in [-0.05, 0) is 25.0 Å². The molecular formula is C13H20N2O2. The van der Waals surface area contributed by atoms with Crippen LogP contribution in [0.5, 0.6) is 0 Å². The van der Waals surface area contributed by atoms with Crippen molar-refractivity contribution >= 4 is 6.03 Å². The fraction of sp³-hybridized carbons (Fsp3) is 0.462. The van der Waals surface area contributed by atoms with Crippen LogP contribution in [0.2, 0.25) is 0 Å². The van der Waals surface area contributed by atoms with Gasteiger partial charge in [-0.3, -0.25) is 0 Å². The SMILES string of the molecule is COCc1ccccc1CNC(=O)NC(C)C. The number of hydrogen-bond donors (Lipinski definition) is 2. The van der Waals surface area contributed by atoms with E-state index in [0.29, 0.717) is 13.2 Å². The molecule has 0 atom stereocenters. The normalized spacial score (nSPS) is 10.4. The second-order valence-electron chi connectivity index (χ2n) is 4.18. The number of amides is 2. The van der Waals surface area contributed by atoms with E-state index in [2.05, 4.69) is 10.6 Å². The molecule has 0 saturated carbocycles. The molecule has 0 fully saturated rings. The fourth-order valence-electron chi connectivity index (χ4n) is 1.51. The monoisotopic (exact) mass is 236 g/mol. The van der Waals surface area contributed by atoms with Crippen LogP contribution >= 0.6 is 0 Å². The minimum absolute atomic E-state index is 0.143. The molecule has 1 aromatic carbocycles. The Hall–Kier alpha value is -1.55. The number of rotatable bonds is 5. The molecular weight excluding hydrogens is 216 g/mol. The van der Waals surface area contributed by atoms with Gasteiger partial charge in [-0.1, -0.05) is 24.3 Å². The molecule has 0 aromatic heterocycles. The Morgan fingerprint density at radius 1 is 1.29 bits per heavy atom. The van der Waals surface area contributed by atoms with Gasteiger partial charge in [0.25, 0.3) is 0 Å². The zero-order chi connectivity index (χ0) is 12.7. The first kappa shape index (κ1) is 13.5. The van der Waals surface area contributed by atoms with Gasteiger partial charge in [-0.2, -0.15) is 0 Å². The smallest absolute Gasteiger partial charge is 0.315 e. The summed E-state index contributed by atoms with van der Waals surface area (Å²) >= 11 is 0. The third kappa shape index (κ3) is 4.87. The lowest BCUT2D eigenvalue weighted by atomic mass is 10.1. The topological polar surface area (TPSA) is 50.4 Å². The van der Waals surface area contributed by atoms with E-state index in [0.717, 1.165) is 11.1 Å². The number of carbonyl (C=O) groups excluding carboxylic acids is 1. The van der Waals surface area contributed by atoms with Crippen molar-refractivity contribution in [2.24, 2.45) is 0 Å². The third-order valence-electron chi connectivity index (χ3n) is 2.28. The van der Waals surface area contributed by atoms with Gasteiger partial charge in [-0.15, -0.1) is 0 Å². The molecule has 4 nitrogen and oxygen atoms in total. The Bertz CT molecular complexity index is 364. The van der Waals surface area contributed by atoms with Gasteiger partial charge in [0.05, 0.1) is 6.61 Å². The molecule has 1 aromatic rings. The lowest BCUT2D eigenvalue weighted by Crippen LogP contribution is -2.39. The van der Waals surface area contributed by atoms with Crippen LogP contribution in [-0.2, 0) is 17.9 Å². The predicted molar refractivity (Wildman–Crippen MR) is 67.7 cm³/mol. The third-order valence-corrected chi connectivity index (χ3v) is 2.28. The lowest BCUT2D eigenvalue weighted by Gasteiger charge is -2.12. The molecule has 0 spiro atoms. The van der Waals surface area contributed by atoms with Crippen molar-refractivity contribution in [3.05, 3.63) is 35.4 Å². The number of carbonyl (C=O) groups is 1. The highest BCUT2D eigenvalue weighted by molar-refractivity contribution is 5.74. The van der Waals surface area contributed by atoms with Crippen LogP contribution in [0.4, 0.5) is 4.79 Å². The standard InChI is InChI=1S/C13H20N2O2/c1-10(2)15-13(16)14-8-11-6-4-5-7-12(11)9-17-3/h4-7,10H,8-9H2,1-3H3,(H2,14,15,16). The highest BCUT2D eigenvalue weighted by Crippen LogP contribution is 2.09. The molecule has 0 radical (unpaired) electrons. The zero-order valence-electron chi connectivity index (χ0n) is 10.6. The quantitative estimate of drug-likeness (QED) is 0.822. The number of nitrogens with one attached hydrogen (secondary N) is 2. The van der Waals surface area contributed by atoms with Crippen molar-refractivity contribution in [1.29, 1.82) is 0 Å². The maximum absolute atomic E-state index is 11.4. The Balaban J connectivity index is 2.53. The van der Waals surface area contributed by atoms with E-state index in [-0.39, 0.29) is 12.1 Å².